The molecule has 25 heavy (non-hydrogen) atoms. The molecule has 1 saturated heterocycles. The molecule has 1 amide bonds. The summed E-state index contributed by atoms with van der Waals surface area (Å²) in [5, 5.41) is 4.68. The lowest BCUT2D eigenvalue weighted by Crippen LogP contribution is -2.32. The fourth-order valence-electron chi connectivity index (χ4n) is 3.76. The van der Waals surface area contributed by atoms with Crippen LogP contribution in [0.5, 0.6) is 0 Å². The molecule has 0 saturated carbocycles. The molecule has 0 unspecified atom stereocenters. The number of aryl methyl sites for hydroxylation is 4. The van der Waals surface area contributed by atoms with E-state index >= 15 is 0 Å². The predicted molar refractivity (Wildman–Crippen MR) is 92.2 cm³/mol. The van der Waals surface area contributed by atoms with Crippen LogP contribution in [0.1, 0.15) is 52.1 Å². The summed E-state index contributed by atoms with van der Waals surface area (Å²) in [5.74, 6) is 0.928. The molecule has 1 atom stereocenters. The lowest BCUT2D eigenvalue weighted by atomic mass is 10.1. The highest BCUT2D eigenvalue weighted by Crippen LogP contribution is 2.34. The number of hydrogen-bond acceptors (Lipinski definition) is 5. The summed E-state index contributed by atoms with van der Waals surface area (Å²) in [6.45, 7) is 6.39. The predicted octanol–water partition coefficient (Wildman–Crippen LogP) is 2.86. The Bertz CT molecular complexity index is 971. The highest BCUT2D eigenvalue weighted by molar-refractivity contribution is 6.06. The van der Waals surface area contributed by atoms with Gasteiger partial charge in [-0.25, -0.2) is 9.97 Å². The van der Waals surface area contributed by atoms with Gasteiger partial charge in [-0.05, 0) is 39.7 Å². The Morgan fingerprint density at radius 3 is 2.76 bits per heavy atom. The Hall–Kier alpha value is -2.70. The fraction of sp³-hybridized carbons (Fsp3) is 0.444. The molecule has 0 N–H and O–H groups in total. The fourth-order valence-corrected chi connectivity index (χ4v) is 3.76. The quantitative estimate of drug-likeness (QED) is 0.717. The van der Waals surface area contributed by atoms with Gasteiger partial charge in [0.15, 0.2) is 0 Å². The van der Waals surface area contributed by atoms with E-state index < -0.39 is 0 Å². The Kier molecular flexibility index (Phi) is 3.59. The van der Waals surface area contributed by atoms with E-state index in [0.29, 0.717) is 22.4 Å². The molecular formula is C18H21N5O2. The minimum absolute atomic E-state index is 0.00473. The second-order valence-electron chi connectivity index (χ2n) is 6.77. The van der Waals surface area contributed by atoms with E-state index in [0.717, 1.165) is 36.6 Å². The van der Waals surface area contributed by atoms with Gasteiger partial charge in [0.05, 0.1) is 28.4 Å². The average molecular weight is 339 g/mol. The van der Waals surface area contributed by atoms with E-state index in [2.05, 4.69) is 15.1 Å². The second-order valence-corrected chi connectivity index (χ2v) is 6.77. The number of rotatable bonds is 2. The van der Waals surface area contributed by atoms with Gasteiger partial charge in [-0.3, -0.25) is 4.79 Å². The number of imidazole rings is 1. The minimum Gasteiger partial charge on any atom is -0.336 e. The first-order chi connectivity index (χ1) is 12.0. The normalized spacial score (nSPS) is 17.6. The molecule has 7 heteroatoms. The van der Waals surface area contributed by atoms with Gasteiger partial charge in [0.1, 0.15) is 5.82 Å². The maximum absolute atomic E-state index is 13.4. The number of amides is 1. The van der Waals surface area contributed by atoms with E-state index in [1.165, 1.54) is 0 Å². The van der Waals surface area contributed by atoms with Crippen LogP contribution >= 0.6 is 0 Å². The SMILES string of the molecule is Cc1cn(C)c([C@@H]2CCCN2C(=O)c2cc(C)nc3onc(C)c23)n1. The molecule has 7 nitrogen and oxygen atoms in total. The van der Waals surface area contributed by atoms with Gasteiger partial charge in [-0.1, -0.05) is 5.16 Å². The summed E-state index contributed by atoms with van der Waals surface area (Å²) in [4.78, 5) is 24.3. The molecular weight excluding hydrogens is 318 g/mol. The third-order valence-electron chi connectivity index (χ3n) is 4.82. The Morgan fingerprint density at radius 2 is 2.04 bits per heavy atom. The minimum atomic E-state index is -0.00930. The lowest BCUT2D eigenvalue weighted by Gasteiger charge is -2.24. The highest BCUT2D eigenvalue weighted by atomic mass is 16.5. The molecule has 130 valence electrons. The van der Waals surface area contributed by atoms with Crippen molar-refractivity contribution in [2.24, 2.45) is 7.05 Å². The van der Waals surface area contributed by atoms with Gasteiger partial charge < -0.3 is 14.0 Å². The van der Waals surface area contributed by atoms with Crippen LogP contribution in [0, 0.1) is 20.8 Å². The Balaban J connectivity index is 1.78. The Morgan fingerprint density at radius 1 is 1.24 bits per heavy atom. The number of hydrogen-bond donors (Lipinski definition) is 0. The number of carbonyl (C=O) groups excluding carboxylic acids is 1. The Labute approximate surface area is 145 Å². The zero-order chi connectivity index (χ0) is 17.7. The van der Waals surface area contributed by atoms with Crippen LogP contribution < -0.4 is 0 Å². The number of carbonyl (C=O) groups is 1. The first-order valence-electron chi connectivity index (χ1n) is 8.50. The molecule has 0 radical (unpaired) electrons. The van der Waals surface area contributed by atoms with Gasteiger partial charge in [-0.2, -0.15) is 0 Å². The summed E-state index contributed by atoms with van der Waals surface area (Å²) in [7, 11) is 1.98. The average Bonchev–Trinajstić information content (AvgIpc) is 3.25. The number of aromatic nitrogens is 4. The molecule has 1 aliphatic heterocycles. The zero-order valence-electron chi connectivity index (χ0n) is 14.9. The van der Waals surface area contributed by atoms with Crippen LogP contribution in [-0.4, -0.2) is 37.0 Å². The van der Waals surface area contributed by atoms with Crippen LogP contribution in [0.15, 0.2) is 16.8 Å². The summed E-state index contributed by atoms with van der Waals surface area (Å²) in [6.07, 6.45) is 3.89. The lowest BCUT2D eigenvalue weighted by molar-refractivity contribution is 0.0730. The number of likely N-dealkylation sites (tertiary alicyclic amines) is 1. The molecule has 0 spiro atoms. The maximum Gasteiger partial charge on any atom is 0.258 e. The molecule has 1 aliphatic rings. The van der Waals surface area contributed by atoms with Crippen LogP contribution in [0.4, 0.5) is 0 Å². The molecule has 4 rings (SSSR count). The maximum atomic E-state index is 13.4. The highest BCUT2D eigenvalue weighted by Gasteiger charge is 2.34. The standard InChI is InChI=1S/C18H21N5O2/c1-10-8-13(15-12(3)21-25-17(15)20-10)18(24)23-7-5-6-14(23)16-19-11(2)9-22(16)4/h8-9,14H,5-7H2,1-4H3/t14-/m0/s1. The van der Waals surface area contributed by atoms with Crippen molar-refractivity contribution in [2.75, 3.05) is 6.54 Å². The van der Waals surface area contributed by atoms with Crippen molar-refractivity contribution >= 4 is 17.0 Å². The van der Waals surface area contributed by atoms with Crippen molar-refractivity contribution in [3.8, 4) is 0 Å². The number of pyridine rings is 1. The van der Waals surface area contributed by atoms with E-state index in [1.54, 1.807) is 0 Å². The monoisotopic (exact) mass is 339 g/mol. The molecule has 0 bridgehead atoms. The van der Waals surface area contributed by atoms with E-state index in [4.69, 9.17) is 4.52 Å². The second kappa shape index (κ2) is 5.68. The van der Waals surface area contributed by atoms with Crippen molar-refractivity contribution in [3.63, 3.8) is 0 Å². The van der Waals surface area contributed by atoms with E-state index in [-0.39, 0.29) is 11.9 Å². The van der Waals surface area contributed by atoms with Crippen LogP contribution in [-0.2, 0) is 7.05 Å². The van der Waals surface area contributed by atoms with Crippen molar-refractivity contribution in [2.45, 2.75) is 39.7 Å². The van der Waals surface area contributed by atoms with Gasteiger partial charge in [0.25, 0.3) is 11.6 Å². The van der Waals surface area contributed by atoms with E-state index in [9.17, 15) is 4.79 Å². The van der Waals surface area contributed by atoms with Gasteiger partial charge >= 0.3 is 0 Å². The zero-order valence-corrected chi connectivity index (χ0v) is 14.9. The third kappa shape index (κ3) is 2.50. The summed E-state index contributed by atoms with van der Waals surface area (Å²) < 4.78 is 7.29. The van der Waals surface area contributed by atoms with Crippen molar-refractivity contribution < 1.29 is 9.32 Å². The molecule has 0 aromatic carbocycles. The number of fused-ring (bicyclic) bond motifs is 1. The summed E-state index contributed by atoms with van der Waals surface area (Å²) >= 11 is 0. The molecule has 3 aromatic rings. The molecule has 1 fully saturated rings. The molecule has 0 aliphatic carbocycles. The topological polar surface area (TPSA) is 77.0 Å². The first kappa shape index (κ1) is 15.8. The van der Waals surface area contributed by atoms with Gasteiger partial charge in [-0.15, -0.1) is 0 Å². The van der Waals surface area contributed by atoms with Crippen molar-refractivity contribution in [1.29, 1.82) is 0 Å². The van der Waals surface area contributed by atoms with Crippen LogP contribution in [0.3, 0.4) is 0 Å². The van der Waals surface area contributed by atoms with Crippen molar-refractivity contribution in [3.05, 3.63) is 40.7 Å². The first-order valence-corrected chi connectivity index (χ1v) is 8.50. The van der Waals surface area contributed by atoms with Crippen LogP contribution in [0.2, 0.25) is 0 Å². The molecule has 3 aromatic heterocycles. The third-order valence-corrected chi connectivity index (χ3v) is 4.82. The van der Waals surface area contributed by atoms with Gasteiger partial charge in [0, 0.05) is 25.5 Å². The molecule has 4 heterocycles. The summed E-state index contributed by atoms with van der Waals surface area (Å²) in [5.41, 5.74) is 3.43. The summed E-state index contributed by atoms with van der Waals surface area (Å²) in [6, 6.07) is 1.82. The van der Waals surface area contributed by atoms with E-state index in [1.807, 2.05) is 49.5 Å². The number of nitrogens with zero attached hydrogens (tertiary/aromatic N) is 5. The van der Waals surface area contributed by atoms with Crippen molar-refractivity contribution in [1.82, 2.24) is 24.6 Å². The van der Waals surface area contributed by atoms with Gasteiger partial charge in [0.2, 0.25) is 0 Å². The van der Waals surface area contributed by atoms with Crippen LogP contribution in [0.25, 0.3) is 11.1 Å². The smallest absolute Gasteiger partial charge is 0.258 e. The largest absolute Gasteiger partial charge is 0.336 e.